The second-order valence-corrected chi connectivity index (χ2v) is 8.59. The Balaban J connectivity index is 1.44. The third kappa shape index (κ3) is 4.99. The second-order valence-electron chi connectivity index (χ2n) is 8.59. The molecule has 2 aliphatic carbocycles. The van der Waals surface area contributed by atoms with Crippen LogP contribution < -0.4 is 0 Å². The van der Waals surface area contributed by atoms with Crippen LogP contribution in [-0.4, -0.2) is 5.11 Å². The fraction of sp³-hybridized carbons (Fsp3) is 0.739. The fourth-order valence-electron chi connectivity index (χ4n) is 5.38. The van der Waals surface area contributed by atoms with E-state index in [1.54, 1.807) is 12.1 Å². The minimum atomic E-state index is -0.226. The number of benzene rings is 1. The normalized spacial score (nSPS) is 30.3. The van der Waals surface area contributed by atoms with Crippen LogP contribution in [0.5, 0.6) is 5.75 Å². The number of hydrogen-bond donors (Lipinski definition) is 1. The lowest BCUT2D eigenvalue weighted by molar-refractivity contribution is 0.155. The molecule has 0 heterocycles. The Hall–Kier alpha value is -1.05. The van der Waals surface area contributed by atoms with E-state index in [2.05, 4.69) is 6.92 Å². The predicted octanol–water partition coefficient (Wildman–Crippen LogP) is 7.19. The zero-order valence-electron chi connectivity index (χ0n) is 15.9. The molecule has 0 atom stereocenters. The van der Waals surface area contributed by atoms with Crippen molar-refractivity contribution in [2.45, 2.75) is 89.9 Å². The molecular formula is C23H35FO. The Bertz CT molecular complexity index is 525. The lowest BCUT2D eigenvalue weighted by atomic mass is 9.68. The second kappa shape index (κ2) is 9.05. The fourth-order valence-corrected chi connectivity index (χ4v) is 5.38. The van der Waals surface area contributed by atoms with Crippen molar-refractivity contribution in [1.29, 1.82) is 0 Å². The molecule has 2 aliphatic rings. The molecule has 0 saturated heterocycles. The van der Waals surface area contributed by atoms with Gasteiger partial charge in [0.25, 0.3) is 0 Å². The van der Waals surface area contributed by atoms with Gasteiger partial charge in [-0.15, -0.1) is 0 Å². The van der Waals surface area contributed by atoms with E-state index in [1.165, 1.54) is 70.3 Å². The van der Waals surface area contributed by atoms with Crippen molar-refractivity contribution in [2.24, 2.45) is 17.8 Å². The summed E-state index contributed by atoms with van der Waals surface area (Å²) in [5, 5.41) is 9.40. The lowest BCUT2D eigenvalue weighted by Gasteiger charge is -2.38. The van der Waals surface area contributed by atoms with E-state index < -0.39 is 0 Å². The Morgan fingerprint density at radius 1 is 0.920 bits per heavy atom. The summed E-state index contributed by atoms with van der Waals surface area (Å²) in [6.45, 7) is 2.29. The van der Waals surface area contributed by atoms with Crippen LogP contribution in [0.15, 0.2) is 18.2 Å². The van der Waals surface area contributed by atoms with Gasteiger partial charge < -0.3 is 5.11 Å². The van der Waals surface area contributed by atoms with Crippen molar-refractivity contribution >= 4 is 0 Å². The Labute approximate surface area is 153 Å². The van der Waals surface area contributed by atoms with Gasteiger partial charge in [0.05, 0.1) is 0 Å². The maximum absolute atomic E-state index is 14.1. The SMILES string of the molecule is CCCCCC1CCC(C2CCC(c3ccc(O)cc3F)CC2)CC1. The van der Waals surface area contributed by atoms with Crippen LogP contribution in [0.2, 0.25) is 0 Å². The highest BCUT2D eigenvalue weighted by Gasteiger charge is 2.31. The standard InChI is InChI=1S/C23H35FO/c1-2-3-4-5-17-6-8-18(9-7-17)19-10-12-20(13-11-19)22-15-14-21(25)16-23(22)24/h14-20,25H,2-13H2,1H3. The molecule has 2 fully saturated rings. The number of hydrogen-bond acceptors (Lipinski definition) is 1. The van der Waals surface area contributed by atoms with E-state index >= 15 is 0 Å². The van der Waals surface area contributed by atoms with Crippen LogP contribution in [0.1, 0.15) is 95.5 Å². The van der Waals surface area contributed by atoms with Gasteiger partial charge in [-0.1, -0.05) is 51.5 Å². The summed E-state index contributed by atoms with van der Waals surface area (Å²) in [6.07, 6.45) is 16.1. The van der Waals surface area contributed by atoms with Crippen LogP contribution in [0.3, 0.4) is 0 Å². The number of rotatable bonds is 6. The van der Waals surface area contributed by atoms with Crippen molar-refractivity contribution in [3.8, 4) is 5.75 Å². The summed E-state index contributed by atoms with van der Waals surface area (Å²) in [4.78, 5) is 0. The van der Waals surface area contributed by atoms with Crippen molar-refractivity contribution in [2.75, 3.05) is 0 Å². The maximum atomic E-state index is 14.1. The maximum Gasteiger partial charge on any atom is 0.130 e. The van der Waals surface area contributed by atoms with Gasteiger partial charge in [0.1, 0.15) is 11.6 Å². The van der Waals surface area contributed by atoms with Crippen molar-refractivity contribution in [3.05, 3.63) is 29.6 Å². The Morgan fingerprint density at radius 2 is 1.56 bits per heavy atom. The first-order valence-electron chi connectivity index (χ1n) is 10.7. The molecule has 2 saturated carbocycles. The molecule has 2 heteroatoms. The molecule has 1 N–H and O–H groups in total. The zero-order valence-corrected chi connectivity index (χ0v) is 15.9. The van der Waals surface area contributed by atoms with Crippen LogP contribution in [0.4, 0.5) is 4.39 Å². The zero-order chi connectivity index (χ0) is 17.6. The van der Waals surface area contributed by atoms with Crippen LogP contribution in [0.25, 0.3) is 0 Å². The van der Waals surface area contributed by atoms with Gasteiger partial charge in [0.15, 0.2) is 0 Å². The van der Waals surface area contributed by atoms with Crippen molar-refractivity contribution in [1.82, 2.24) is 0 Å². The van der Waals surface area contributed by atoms with Crippen molar-refractivity contribution < 1.29 is 9.50 Å². The molecule has 0 aliphatic heterocycles. The van der Waals surface area contributed by atoms with Crippen molar-refractivity contribution in [3.63, 3.8) is 0 Å². The molecule has 0 amide bonds. The number of phenolic OH excluding ortho intramolecular Hbond substituents is 1. The van der Waals surface area contributed by atoms with E-state index in [1.807, 2.05) is 0 Å². The predicted molar refractivity (Wildman–Crippen MR) is 102 cm³/mol. The third-order valence-corrected chi connectivity index (χ3v) is 6.97. The van der Waals surface area contributed by atoms with Crippen LogP contribution in [0, 0.1) is 23.6 Å². The van der Waals surface area contributed by atoms with E-state index in [4.69, 9.17) is 0 Å². The van der Waals surface area contributed by atoms with Gasteiger partial charge in [-0.25, -0.2) is 4.39 Å². The molecule has 0 unspecified atom stereocenters. The summed E-state index contributed by atoms with van der Waals surface area (Å²) in [5.41, 5.74) is 0.816. The van der Waals surface area contributed by atoms with E-state index in [0.29, 0.717) is 5.92 Å². The van der Waals surface area contributed by atoms with Gasteiger partial charge >= 0.3 is 0 Å². The molecule has 1 nitrogen and oxygen atoms in total. The van der Waals surface area contributed by atoms with Crippen LogP contribution >= 0.6 is 0 Å². The Kier molecular flexibility index (Phi) is 6.78. The monoisotopic (exact) mass is 346 g/mol. The average molecular weight is 347 g/mol. The molecule has 0 radical (unpaired) electrons. The van der Waals surface area contributed by atoms with E-state index in [-0.39, 0.29) is 11.6 Å². The highest BCUT2D eigenvalue weighted by Crippen LogP contribution is 2.45. The first kappa shape index (κ1) is 18.7. The molecule has 0 bridgehead atoms. The summed E-state index contributed by atoms with van der Waals surface area (Å²) < 4.78 is 14.1. The number of phenols is 1. The largest absolute Gasteiger partial charge is 0.508 e. The molecule has 140 valence electrons. The van der Waals surface area contributed by atoms with Gasteiger partial charge in [0, 0.05) is 6.07 Å². The quantitative estimate of drug-likeness (QED) is 0.540. The van der Waals surface area contributed by atoms with Crippen LogP contribution in [-0.2, 0) is 0 Å². The van der Waals surface area contributed by atoms with E-state index in [0.717, 1.165) is 36.2 Å². The van der Waals surface area contributed by atoms with Gasteiger partial charge in [0.2, 0.25) is 0 Å². The summed E-state index contributed by atoms with van der Waals surface area (Å²) in [6, 6.07) is 4.68. The number of halogens is 1. The summed E-state index contributed by atoms with van der Waals surface area (Å²) in [7, 11) is 0. The van der Waals surface area contributed by atoms with Gasteiger partial charge in [-0.2, -0.15) is 0 Å². The molecule has 0 spiro atoms. The molecular weight excluding hydrogens is 311 g/mol. The van der Waals surface area contributed by atoms with Gasteiger partial charge in [-0.3, -0.25) is 0 Å². The third-order valence-electron chi connectivity index (χ3n) is 6.97. The minimum absolute atomic E-state index is 0.0330. The smallest absolute Gasteiger partial charge is 0.130 e. The topological polar surface area (TPSA) is 20.2 Å². The highest BCUT2D eigenvalue weighted by molar-refractivity contribution is 5.30. The number of unbranched alkanes of at least 4 members (excludes halogenated alkanes) is 2. The first-order valence-corrected chi connectivity index (χ1v) is 10.7. The molecule has 1 aromatic carbocycles. The minimum Gasteiger partial charge on any atom is -0.508 e. The Morgan fingerprint density at radius 3 is 2.16 bits per heavy atom. The van der Waals surface area contributed by atoms with Gasteiger partial charge in [-0.05, 0) is 73.8 Å². The molecule has 3 rings (SSSR count). The average Bonchev–Trinajstić information content (AvgIpc) is 2.63. The van der Waals surface area contributed by atoms with E-state index in [9.17, 15) is 9.50 Å². The summed E-state index contributed by atoms with van der Waals surface area (Å²) in [5.74, 6) is 2.94. The first-order chi connectivity index (χ1) is 12.2. The summed E-state index contributed by atoms with van der Waals surface area (Å²) >= 11 is 0. The molecule has 1 aromatic rings. The molecule has 25 heavy (non-hydrogen) atoms. The lowest BCUT2D eigenvalue weighted by Crippen LogP contribution is -2.25. The number of aromatic hydroxyl groups is 1. The molecule has 0 aromatic heterocycles. The highest BCUT2D eigenvalue weighted by atomic mass is 19.1.